The Morgan fingerprint density at radius 2 is 2.33 bits per heavy atom. The summed E-state index contributed by atoms with van der Waals surface area (Å²) in [5, 5.41) is 9.10. The molecule has 0 aromatic carbocycles. The summed E-state index contributed by atoms with van der Waals surface area (Å²) in [6.07, 6.45) is 5.82. The number of rotatable bonds is 3. The van der Waals surface area contributed by atoms with Crippen molar-refractivity contribution in [2.24, 2.45) is 5.92 Å². The molecule has 0 aliphatic heterocycles. The molecule has 0 saturated heterocycles. The van der Waals surface area contributed by atoms with E-state index < -0.39 is 5.97 Å². The second kappa shape index (κ2) is 5.57. The maximum atomic E-state index is 11.0. The van der Waals surface area contributed by atoms with Gasteiger partial charge in [-0.05, 0) is 25.2 Å². The highest BCUT2D eigenvalue weighted by Crippen LogP contribution is 2.27. The van der Waals surface area contributed by atoms with Crippen LogP contribution in [0, 0.1) is 5.92 Å². The second-order valence-corrected chi connectivity index (χ2v) is 5.23. The zero-order chi connectivity index (χ0) is 13.1. The molecule has 4 nitrogen and oxygen atoms in total. The summed E-state index contributed by atoms with van der Waals surface area (Å²) in [5.74, 6) is -0.0739. The van der Waals surface area contributed by atoms with Crippen molar-refractivity contribution < 1.29 is 14.6 Å². The number of aromatic carboxylic acids is 1. The van der Waals surface area contributed by atoms with E-state index in [4.69, 9.17) is 21.4 Å². The summed E-state index contributed by atoms with van der Waals surface area (Å²) >= 11 is 5.76. The average Bonchev–Trinajstić information content (AvgIpc) is 2.31. The smallest absolute Gasteiger partial charge is 0.337 e. The number of ether oxygens (including phenoxy) is 1. The van der Waals surface area contributed by atoms with Crippen LogP contribution in [0.4, 0.5) is 0 Å². The third kappa shape index (κ3) is 3.13. The van der Waals surface area contributed by atoms with E-state index in [0.29, 0.717) is 11.8 Å². The number of carboxylic acids is 1. The van der Waals surface area contributed by atoms with Crippen molar-refractivity contribution in [2.75, 3.05) is 0 Å². The molecule has 1 aliphatic rings. The fraction of sp³-hybridized carbons (Fsp3) is 0.538. The van der Waals surface area contributed by atoms with Gasteiger partial charge in [0, 0.05) is 6.07 Å². The summed E-state index contributed by atoms with van der Waals surface area (Å²) in [6.45, 7) is 2.20. The molecule has 2 atom stereocenters. The predicted molar refractivity (Wildman–Crippen MR) is 68.3 cm³/mol. The van der Waals surface area contributed by atoms with Gasteiger partial charge in [-0.1, -0.05) is 24.9 Å². The van der Waals surface area contributed by atoms with Crippen LogP contribution < -0.4 is 4.74 Å². The third-order valence-electron chi connectivity index (χ3n) is 3.24. The molecule has 1 aromatic rings. The standard InChI is InChI=1S/C13H16ClNO3/c1-8-3-2-4-9(5-8)18-12-6-10(13(16)17)11(14)7-15-12/h6-9H,2-5H2,1H3,(H,16,17). The topological polar surface area (TPSA) is 59.4 Å². The summed E-state index contributed by atoms with van der Waals surface area (Å²) in [7, 11) is 0. The number of pyridine rings is 1. The van der Waals surface area contributed by atoms with Crippen LogP contribution in [0.15, 0.2) is 12.3 Å². The fourth-order valence-electron chi connectivity index (χ4n) is 2.30. The van der Waals surface area contributed by atoms with Gasteiger partial charge in [0.2, 0.25) is 5.88 Å². The maximum Gasteiger partial charge on any atom is 0.337 e. The molecule has 0 spiro atoms. The van der Waals surface area contributed by atoms with Crippen LogP contribution in [0.3, 0.4) is 0 Å². The molecule has 98 valence electrons. The van der Waals surface area contributed by atoms with E-state index in [9.17, 15) is 4.79 Å². The lowest BCUT2D eigenvalue weighted by atomic mass is 9.89. The predicted octanol–water partition coefficient (Wildman–Crippen LogP) is 3.39. The van der Waals surface area contributed by atoms with Gasteiger partial charge < -0.3 is 9.84 Å². The van der Waals surface area contributed by atoms with Gasteiger partial charge in [0.05, 0.1) is 16.8 Å². The minimum atomic E-state index is -1.07. The quantitative estimate of drug-likeness (QED) is 0.914. The number of carboxylic acid groups (broad SMARTS) is 1. The Hall–Kier alpha value is -1.29. The van der Waals surface area contributed by atoms with Crippen molar-refractivity contribution in [3.8, 4) is 5.88 Å². The first-order valence-corrected chi connectivity index (χ1v) is 6.49. The molecule has 1 saturated carbocycles. The Kier molecular flexibility index (Phi) is 4.07. The molecule has 18 heavy (non-hydrogen) atoms. The van der Waals surface area contributed by atoms with E-state index in [-0.39, 0.29) is 16.7 Å². The Labute approximate surface area is 111 Å². The lowest BCUT2D eigenvalue weighted by Gasteiger charge is -2.26. The number of hydrogen-bond acceptors (Lipinski definition) is 3. The number of nitrogens with zero attached hydrogens (tertiary/aromatic N) is 1. The summed E-state index contributed by atoms with van der Waals surface area (Å²) < 4.78 is 5.74. The molecule has 1 fully saturated rings. The minimum Gasteiger partial charge on any atom is -0.478 e. The van der Waals surface area contributed by atoms with Crippen LogP contribution in [0.2, 0.25) is 5.02 Å². The van der Waals surface area contributed by atoms with E-state index in [1.54, 1.807) is 0 Å². The lowest BCUT2D eigenvalue weighted by Crippen LogP contribution is -2.24. The van der Waals surface area contributed by atoms with Crippen LogP contribution in [0.25, 0.3) is 0 Å². The van der Waals surface area contributed by atoms with Crippen LogP contribution in [0.1, 0.15) is 43.0 Å². The van der Waals surface area contributed by atoms with Crippen molar-refractivity contribution in [1.29, 1.82) is 0 Å². The molecular formula is C13H16ClNO3. The molecule has 1 aromatic heterocycles. The van der Waals surface area contributed by atoms with Gasteiger partial charge in [-0.3, -0.25) is 0 Å². The average molecular weight is 270 g/mol. The number of halogens is 1. The van der Waals surface area contributed by atoms with Crippen molar-refractivity contribution in [2.45, 2.75) is 38.7 Å². The highest BCUT2D eigenvalue weighted by Gasteiger charge is 2.21. The van der Waals surface area contributed by atoms with E-state index >= 15 is 0 Å². The molecule has 0 radical (unpaired) electrons. The Morgan fingerprint density at radius 1 is 1.56 bits per heavy atom. The van der Waals surface area contributed by atoms with Gasteiger partial charge in [0.15, 0.2) is 0 Å². The van der Waals surface area contributed by atoms with E-state index in [1.165, 1.54) is 18.7 Å². The number of aromatic nitrogens is 1. The maximum absolute atomic E-state index is 11.0. The highest BCUT2D eigenvalue weighted by molar-refractivity contribution is 6.33. The molecule has 0 amide bonds. The van der Waals surface area contributed by atoms with Crippen LogP contribution in [-0.2, 0) is 0 Å². The van der Waals surface area contributed by atoms with Gasteiger partial charge in [0.1, 0.15) is 6.10 Å². The largest absolute Gasteiger partial charge is 0.478 e. The monoisotopic (exact) mass is 269 g/mol. The molecule has 0 bridgehead atoms. The molecule has 2 unspecified atom stereocenters. The zero-order valence-electron chi connectivity index (χ0n) is 10.2. The van der Waals surface area contributed by atoms with Gasteiger partial charge in [0.25, 0.3) is 0 Å². The first kappa shape index (κ1) is 13.1. The van der Waals surface area contributed by atoms with Crippen molar-refractivity contribution in [1.82, 2.24) is 4.98 Å². The van der Waals surface area contributed by atoms with Crippen LogP contribution in [-0.4, -0.2) is 22.2 Å². The van der Waals surface area contributed by atoms with E-state index in [2.05, 4.69) is 11.9 Å². The Morgan fingerprint density at radius 3 is 3.00 bits per heavy atom. The highest BCUT2D eigenvalue weighted by atomic mass is 35.5. The second-order valence-electron chi connectivity index (χ2n) is 4.82. The van der Waals surface area contributed by atoms with Gasteiger partial charge in [-0.15, -0.1) is 0 Å². The Bertz CT molecular complexity index is 450. The van der Waals surface area contributed by atoms with Gasteiger partial charge >= 0.3 is 5.97 Å². The van der Waals surface area contributed by atoms with Crippen molar-refractivity contribution in [3.05, 3.63) is 22.8 Å². The molecule has 5 heteroatoms. The molecule has 1 aliphatic carbocycles. The lowest BCUT2D eigenvalue weighted by molar-refractivity contribution is 0.0694. The van der Waals surface area contributed by atoms with E-state index in [1.807, 2.05) is 0 Å². The van der Waals surface area contributed by atoms with E-state index in [0.717, 1.165) is 19.3 Å². The van der Waals surface area contributed by atoms with Gasteiger partial charge in [-0.2, -0.15) is 0 Å². The van der Waals surface area contributed by atoms with Crippen LogP contribution in [0.5, 0.6) is 5.88 Å². The van der Waals surface area contributed by atoms with Crippen molar-refractivity contribution in [3.63, 3.8) is 0 Å². The number of hydrogen-bond donors (Lipinski definition) is 1. The third-order valence-corrected chi connectivity index (χ3v) is 3.54. The van der Waals surface area contributed by atoms with Gasteiger partial charge in [-0.25, -0.2) is 9.78 Å². The molecule has 1 N–H and O–H groups in total. The molecule has 1 heterocycles. The SMILES string of the molecule is CC1CCCC(Oc2cc(C(=O)O)c(Cl)cn2)C1. The Balaban J connectivity index is 2.09. The molecular weight excluding hydrogens is 254 g/mol. The first-order chi connectivity index (χ1) is 8.56. The summed E-state index contributed by atoms with van der Waals surface area (Å²) in [5.41, 5.74) is 0.0329. The summed E-state index contributed by atoms with van der Waals surface area (Å²) in [4.78, 5) is 15.0. The number of carbonyl (C=O) groups is 1. The first-order valence-electron chi connectivity index (χ1n) is 6.11. The summed E-state index contributed by atoms with van der Waals surface area (Å²) in [6, 6.07) is 1.39. The van der Waals surface area contributed by atoms with Crippen molar-refractivity contribution >= 4 is 17.6 Å². The van der Waals surface area contributed by atoms with Crippen LogP contribution >= 0.6 is 11.6 Å². The molecule has 2 rings (SSSR count). The minimum absolute atomic E-state index is 0.0329. The zero-order valence-corrected chi connectivity index (χ0v) is 11.0. The normalized spacial score (nSPS) is 23.7. The fourth-order valence-corrected chi connectivity index (χ4v) is 2.49.